The highest BCUT2D eigenvalue weighted by atomic mass is 19.1. The van der Waals surface area contributed by atoms with E-state index in [2.05, 4.69) is 15.0 Å². The number of imidazole rings is 1. The maximum absolute atomic E-state index is 15.2. The molecule has 0 saturated carbocycles. The lowest BCUT2D eigenvalue weighted by Crippen LogP contribution is -2.06. The third-order valence-electron chi connectivity index (χ3n) is 5.58. The molecular formula is C26H24FN3O4. The predicted octanol–water partition coefficient (Wildman–Crippen LogP) is 4.14. The van der Waals surface area contributed by atoms with Crippen LogP contribution in [-0.4, -0.2) is 41.7 Å². The molecule has 0 spiro atoms. The van der Waals surface area contributed by atoms with Crippen molar-refractivity contribution in [2.45, 2.75) is 12.8 Å². The van der Waals surface area contributed by atoms with Gasteiger partial charge in [0.15, 0.2) is 0 Å². The van der Waals surface area contributed by atoms with Gasteiger partial charge in [0.05, 0.1) is 19.9 Å². The first kappa shape index (κ1) is 23.1. The van der Waals surface area contributed by atoms with Crippen molar-refractivity contribution in [3.8, 4) is 22.6 Å². The molecule has 0 amide bonds. The van der Waals surface area contributed by atoms with Crippen molar-refractivity contribution in [2.24, 2.45) is 0 Å². The molecule has 0 aliphatic carbocycles. The van der Waals surface area contributed by atoms with E-state index in [4.69, 9.17) is 9.47 Å². The minimum atomic E-state index is -0.517. The van der Waals surface area contributed by atoms with Gasteiger partial charge in [-0.2, -0.15) is 0 Å². The fourth-order valence-electron chi connectivity index (χ4n) is 3.85. The van der Waals surface area contributed by atoms with Crippen molar-refractivity contribution >= 4 is 5.97 Å². The average Bonchev–Trinajstić information content (AvgIpc) is 3.34. The number of pyridine rings is 1. The monoisotopic (exact) mass is 461 g/mol. The van der Waals surface area contributed by atoms with Crippen LogP contribution in [0.5, 0.6) is 0 Å². The molecule has 2 heterocycles. The van der Waals surface area contributed by atoms with Crippen LogP contribution in [0.3, 0.4) is 0 Å². The summed E-state index contributed by atoms with van der Waals surface area (Å²) in [4.78, 5) is 33.6. The Bertz CT molecular complexity index is 1380. The summed E-state index contributed by atoms with van der Waals surface area (Å²) in [5.41, 5.74) is 4.25. The quantitative estimate of drug-likeness (QED) is 0.385. The summed E-state index contributed by atoms with van der Waals surface area (Å²) in [7, 11) is 2.93. The molecule has 4 rings (SSSR count). The van der Waals surface area contributed by atoms with Gasteiger partial charge in [-0.15, -0.1) is 0 Å². The fraction of sp³-hybridized carbons (Fsp3) is 0.192. The number of nitrogens with zero attached hydrogens (tertiary/aromatic N) is 1. The van der Waals surface area contributed by atoms with Gasteiger partial charge in [-0.3, -0.25) is 4.79 Å². The van der Waals surface area contributed by atoms with Gasteiger partial charge in [0.25, 0.3) is 0 Å². The Hall–Kier alpha value is -4.04. The van der Waals surface area contributed by atoms with E-state index in [0.29, 0.717) is 42.1 Å². The van der Waals surface area contributed by atoms with E-state index in [9.17, 15) is 9.59 Å². The summed E-state index contributed by atoms with van der Waals surface area (Å²) in [5, 5.41) is 0. The Morgan fingerprint density at radius 3 is 2.59 bits per heavy atom. The van der Waals surface area contributed by atoms with Gasteiger partial charge < -0.3 is 19.4 Å². The highest BCUT2D eigenvalue weighted by molar-refractivity contribution is 5.87. The van der Waals surface area contributed by atoms with Crippen LogP contribution in [0, 0.1) is 5.82 Å². The standard InChI is InChI=1S/C26H24FN3O4/c1-33-12-11-16-5-3-6-19(25-28-15-23(30-25)26(32)34-2)20(16)13-17-9-10-18(14-21(17)27)22-7-4-8-24(31)29-22/h3-10,14-15H,11-13H2,1-2H3,(H,28,30)(H,29,31). The number of rotatable bonds is 8. The SMILES string of the molecule is COCCc1cccc(-c2ncc(C(=O)OC)[nH]2)c1Cc1ccc(-c2cccc(=O)[nH]2)cc1F. The second-order valence-electron chi connectivity index (χ2n) is 7.73. The first-order valence-electron chi connectivity index (χ1n) is 10.7. The molecule has 4 aromatic rings. The van der Waals surface area contributed by atoms with Crippen molar-refractivity contribution in [1.82, 2.24) is 15.0 Å². The fourth-order valence-corrected chi connectivity index (χ4v) is 3.85. The smallest absolute Gasteiger partial charge is 0.356 e. The number of halogens is 1. The summed E-state index contributed by atoms with van der Waals surface area (Å²) in [6.07, 6.45) is 2.36. The van der Waals surface area contributed by atoms with Crippen LogP contribution in [0.4, 0.5) is 4.39 Å². The van der Waals surface area contributed by atoms with Crippen LogP contribution in [0.2, 0.25) is 0 Å². The summed E-state index contributed by atoms with van der Waals surface area (Å²) in [6.45, 7) is 0.505. The van der Waals surface area contributed by atoms with E-state index >= 15 is 4.39 Å². The molecule has 7 nitrogen and oxygen atoms in total. The van der Waals surface area contributed by atoms with Gasteiger partial charge in [0.1, 0.15) is 17.3 Å². The molecular weight excluding hydrogens is 437 g/mol. The maximum atomic E-state index is 15.2. The number of aromatic nitrogens is 3. The van der Waals surface area contributed by atoms with Crippen molar-refractivity contribution in [3.05, 3.63) is 99.3 Å². The second kappa shape index (κ2) is 10.3. The van der Waals surface area contributed by atoms with Gasteiger partial charge >= 0.3 is 5.97 Å². The topological polar surface area (TPSA) is 97.1 Å². The summed E-state index contributed by atoms with van der Waals surface area (Å²) in [5.74, 6) is -0.408. The zero-order valence-corrected chi connectivity index (χ0v) is 18.9. The molecule has 0 unspecified atom stereocenters. The molecule has 0 saturated heterocycles. The van der Waals surface area contributed by atoms with E-state index in [1.807, 2.05) is 18.2 Å². The Morgan fingerprint density at radius 2 is 1.85 bits per heavy atom. The van der Waals surface area contributed by atoms with Crippen LogP contribution >= 0.6 is 0 Å². The van der Waals surface area contributed by atoms with E-state index < -0.39 is 5.97 Å². The Balaban J connectivity index is 1.73. The van der Waals surface area contributed by atoms with Crippen LogP contribution in [0.1, 0.15) is 27.2 Å². The number of carbonyl (C=O) groups is 1. The van der Waals surface area contributed by atoms with Gasteiger partial charge in [0.2, 0.25) is 5.56 Å². The van der Waals surface area contributed by atoms with Crippen molar-refractivity contribution in [2.75, 3.05) is 20.8 Å². The zero-order chi connectivity index (χ0) is 24.1. The number of aromatic amines is 2. The first-order chi connectivity index (χ1) is 16.5. The lowest BCUT2D eigenvalue weighted by Gasteiger charge is -2.15. The van der Waals surface area contributed by atoms with Crippen molar-refractivity contribution in [1.29, 1.82) is 0 Å². The summed E-state index contributed by atoms with van der Waals surface area (Å²) >= 11 is 0. The molecule has 2 aromatic carbocycles. The van der Waals surface area contributed by atoms with Crippen LogP contribution < -0.4 is 5.56 Å². The number of hydrogen-bond donors (Lipinski definition) is 2. The van der Waals surface area contributed by atoms with Crippen LogP contribution in [0.25, 0.3) is 22.6 Å². The molecule has 174 valence electrons. The van der Waals surface area contributed by atoms with E-state index in [1.165, 1.54) is 25.4 Å². The normalized spacial score (nSPS) is 10.9. The molecule has 34 heavy (non-hydrogen) atoms. The molecule has 0 fully saturated rings. The van der Waals surface area contributed by atoms with Gasteiger partial charge in [-0.05, 0) is 35.2 Å². The minimum Gasteiger partial charge on any atom is -0.464 e. The van der Waals surface area contributed by atoms with Crippen LogP contribution in [0.15, 0.2) is 65.6 Å². The molecule has 0 radical (unpaired) electrons. The molecule has 0 atom stereocenters. The van der Waals surface area contributed by atoms with Gasteiger partial charge in [-0.25, -0.2) is 14.2 Å². The number of benzene rings is 2. The minimum absolute atomic E-state index is 0.234. The van der Waals surface area contributed by atoms with Crippen molar-refractivity contribution in [3.63, 3.8) is 0 Å². The summed E-state index contributed by atoms with van der Waals surface area (Å²) in [6, 6.07) is 15.4. The predicted molar refractivity (Wildman–Crippen MR) is 126 cm³/mol. The molecule has 8 heteroatoms. The molecule has 0 bridgehead atoms. The third-order valence-corrected chi connectivity index (χ3v) is 5.58. The Kier molecular flexibility index (Phi) is 6.98. The Labute approximate surface area is 195 Å². The van der Waals surface area contributed by atoms with E-state index in [-0.39, 0.29) is 17.1 Å². The highest BCUT2D eigenvalue weighted by Crippen LogP contribution is 2.29. The maximum Gasteiger partial charge on any atom is 0.356 e. The third kappa shape index (κ3) is 4.97. The number of esters is 1. The second-order valence-corrected chi connectivity index (χ2v) is 7.73. The zero-order valence-electron chi connectivity index (χ0n) is 18.9. The number of methoxy groups -OCH3 is 2. The molecule has 2 N–H and O–H groups in total. The number of carbonyl (C=O) groups excluding carboxylic acids is 1. The van der Waals surface area contributed by atoms with Gasteiger partial charge in [0, 0.05) is 36.4 Å². The summed E-state index contributed by atoms with van der Waals surface area (Å²) < 4.78 is 25.2. The number of ether oxygens (including phenoxy) is 2. The van der Waals surface area contributed by atoms with Gasteiger partial charge in [-0.1, -0.05) is 36.4 Å². The van der Waals surface area contributed by atoms with Crippen molar-refractivity contribution < 1.29 is 18.7 Å². The average molecular weight is 461 g/mol. The number of hydrogen-bond acceptors (Lipinski definition) is 5. The lowest BCUT2D eigenvalue weighted by molar-refractivity contribution is 0.0594. The van der Waals surface area contributed by atoms with E-state index in [1.54, 1.807) is 31.4 Å². The molecule has 0 aliphatic rings. The molecule has 0 aliphatic heterocycles. The Morgan fingerprint density at radius 1 is 1.03 bits per heavy atom. The highest BCUT2D eigenvalue weighted by Gasteiger charge is 2.17. The number of nitrogens with one attached hydrogen (secondary N) is 2. The van der Waals surface area contributed by atoms with Crippen LogP contribution in [-0.2, 0) is 22.3 Å². The first-order valence-corrected chi connectivity index (χ1v) is 10.7. The van der Waals surface area contributed by atoms with E-state index in [0.717, 1.165) is 16.7 Å². The lowest BCUT2D eigenvalue weighted by atomic mass is 9.92. The molecule has 2 aromatic heterocycles. The number of H-pyrrole nitrogens is 2. The largest absolute Gasteiger partial charge is 0.464 e.